The van der Waals surface area contributed by atoms with E-state index in [1.54, 1.807) is 0 Å². The van der Waals surface area contributed by atoms with Gasteiger partial charge >= 0.3 is 5.97 Å². The monoisotopic (exact) mass is 202 g/mol. The van der Waals surface area contributed by atoms with E-state index in [1.165, 1.54) is 0 Å². The van der Waals surface area contributed by atoms with Gasteiger partial charge in [0, 0.05) is 0 Å². The van der Waals surface area contributed by atoms with E-state index in [1.807, 2.05) is 6.92 Å². The highest BCUT2D eigenvalue weighted by molar-refractivity contribution is 7.81. The number of hydrogen-bond donors (Lipinski definition) is 1. The van der Waals surface area contributed by atoms with Crippen molar-refractivity contribution in [3.05, 3.63) is 0 Å². The summed E-state index contributed by atoms with van der Waals surface area (Å²) in [5.41, 5.74) is 0. The molecule has 0 aromatic heterocycles. The van der Waals surface area contributed by atoms with Crippen molar-refractivity contribution in [1.82, 2.24) is 0 Å². The number of rotatable bonds is 4. The highest BCUT2D eigenvalue weighted by Gasteiger charge is 2.32. The Morgan fingerprint density at radius 2 is 2.08 bits per heavy atom. The van der Waals surface area contributed by atoms with E-state index in [-0.39, 0.29) is 6.42 Å². The first-order chi connectivity index (χ1) is 6.16. The highest BCUT2D eigenvalue weighted by Crippen LogP contribution is 2.28. The van der Waals surface area contributed by atoms with Crippen molar-refractivity contribution in [2.24, 2.45) is 20.7 Å². The van der Waals surface area contributed by atoms with Crippen LogP contribution in [0.4, 0.5) is 0 Å². The SMILES string of the molecule is CCCOC(=O)CC1(S)N=NN=N1. The Hall–Kier alpha value is -0.980. The number of ether oxygens (including phenoxy) is 1. The summed E-state index contributed by atoms with van der Waals surface area (Å²) in [4.78, 5) is 9.94. The number of thiol groups is 1. The van der Waals surface area contributed by atoms with Crippen LogP contribution in [-0.4, -0.2) is 17.6 Å². The molecule has 0 bridgehead atoms. The Labute approximate surface area is 80.9 Å². The molecule has 0 fully saturated rings. The molecule has 0 aromatic rings. The molecular formula is C6H10N4O2S. The molecule has 1 aliphatic heterocycles. The summed E-state index contributed by atoms with van der Waals surface area (Å²) in [6.45, 7) is 2.32. The smallest absolute Gasteiger partial charge is 0.311 e. The number of hydrogen-bond acceptors (Lipinski definition) is 7. The zero-order valence-electron chi connectivity index (χ0n) is 7.17. The molecule has 0 N–H and O–H groups in total. The minimum Gasteiger partial charge on any atom is -0.466 e. The van der Waals surface area contributed by atoms with Crippen molar-refractivity contribution < 1.29 is 9.53 Å². The molecule has 0 spiro atoms. The van der Waals surface area contributed by atoms with E-state index in [9.17, 15) is 4.79 Å². The first kappa shape index (κ1) is 10.1. The number of carbonyl (C=O) groups is 1. The lowest BCUT2D eigenvalue weighted by atomic mass is 10.3. The van der Waals surface area contributed by atoms with E-state index in [0.29, 0.717) is 6.61 Å². The lowest BCUT2D eigenvalue weighted by Crippen LogP contribution is -2.20. The van der Waals surface area contributed by atoms with E-state index in [4.69, 9.17) is 4.74 Å². The van der Waals surface area contributed by atoms with Crippen molar-refractivity contribution in [1.29, 1.82) is 0 Å². The standard InChI is InChI=1S/C6H10N4O2S/c1-2-3-12-5(11)4-6(13)7-9-10-8-6/h13H,2-4H2,1H3. The van der Waals surface area contributed by atoms with Gasteiger partial charge in [0.2, 0.25) is 4.99 Å². The molecule has 0 amide bonds. The molecule has 0 saturated heterocycles. The van der Waals surface area contributed by atoms with Crippen LogP contribution in [0.3, 0.4) is 0 Å². The second kappa shape index (κ2) is 4.31. The Balaban J connectivity index is 2.35. The molecule has 0 aromatic carbocycles. The molecule has 0 aliphatic carbocycles. The van der Waals surface area contributed by atoms with Gasteiger partial charge in [0.25, 0.3) is 0 Å². The molecule has 0 saturated carbocycles. The van der Waals surface area contributed by atoms with Crippen LogP contribution < -0.4 is 0 Å². The van der Waals surface area contributed by atoms with Gasteiger partial charge in [-0.1, -0.05) is 6.92 Å². The van der Waals surface area contributed by atoms with Crippen LogP contribution in [0.1, 0.15) is 19.8 Å². The summed E-state index contributed by atoms with van der Waals surface area (Å²) >= 11 is 4.02. The molecule has 1 rings (SSSR count). The second-order valence-electron chi connectivity index (χ2n) is 2.55. The third-order valence-corrected chi connectivity index (χ3v) is 1.64. The van der Waals surface area contributed by atoms with Crippen LogP contribution in [0, 0.1) is 0 Å². The number of nitrogens with zero attached hydrogens (tertiary/aromatic N) is 4. The van der Waals surface area contributed by atoms with E-state index < -0.39 is 11.0 Å². The maximum absolute atomic E-state index is 11.1. The predicted molar refractivity (Wildman–Crippen MR) is 47.3 cm³/mol. The summed E-state index contributed by atoms with van der Waals surface area (Å²) in [7, 11) is 0. The lowest BCUT2D eigenvalue weighted by molar-refractivity contribution is -0.144. The maximum Gasteiger partial charge on any atom is 0.311 e. The average Bonchev–Trinajstić information content (AvgIpc) is 2.48. The van der Waals surface area contributed by atoms with Crippen molar-refractivity contribution >= 4 is 18.6 Å². The van der Waals surface area contributed by atoms with Crippen LogP contribution in [0.2, 0.25) is 0 Å². The van der Waals surface area contributed by atoms with Crippen molar-refractivity contribution in [2.45, 2.75) is 24.8 Å². The molecule has 1 aliphatic rings. The Bertz CT molecular complexity index is 241. The molecule has 6 nitrogen and oxygen atoms in total. The highest BCUT2D eigenvalue weighted by atomic mass is 32.1. The first-order valence-corrected chi connectivity index (χ1v) is 4.33. The fraction of sp³-hybridized carbons (Fsp3) is 0.833. The molecule has 13 heavy (non-hydrogen) atoms. The lowest BCUT2D eigenvalue weighted by Gasteiger charge is -2.10. The van der Waals surface area contributed by atoms with Gasteiger partial charge in [-0.3, -0.25) is 4.79 Å². The molecule has 0 atom stereocenters. The molecule has 0 radical (unpaired) electrons. The topological polar surface area (TPSA) is 75.7 Å². The summed E-state index contributed by atoms with van der Waals surface area (Å²) in [6.07, 6.45) is 0.747. The summed E-state index contributed by atoms with van der Waals surface area (Å²) in [5, 5.41) is 13.7. The third kappa shape index (κ3) is 3.10. The van der Waals surface area contributed by atoms with Gasteiger partial charge in [-0.25, -0.2) is 0 Å². The minimum absolute atomic E-state index is 0.0386. The van der Waals surface area contributed by atoms with Crippen LogP contribution in [-0.2, 0) is 9.53 Å². The molecular weight excluding hydrogens is 192 g/mol. The number of carbonyl (C=O) groups excluding carboxylic acids is 1. The predicted octanol–water partition coefficient (Wildman–Crippen LogP) is 1.75. The maximum atomic E-state index is 11.1. The normalized spacial score (nSPS) is 17.7. The fourth-order valence-corrected chi connectivity index (χ4v) is 0.944. The minimum atomic E-state index is -1.15. The largest absolute Gasteiger partial charge is 0.466 e. The molecule has 7 heteroatoms. The van der Waals surface area contributed by atoms with Gasteiger partial charge in [0.15, 0.2) is 0 Å². The third-order valence-electron chi connectivity index (χ3n) is 1.30. The van der Waals surface area contributed by atoms with E-state index in [2.05, 4.69) is 33.3 Å². The van der Waals surface area contributed by atoms with Gasteiger partial charge in [-0.2, -0.15) is 0 Å². The van der Waals surface area contributed by atoms with Crippen LogP contribution in [0.15, 0.2) is 20.7 Å². The summed E-state index contributed by atoms with van der Waals surface area (Å²) in [6, 6.07) is 0. The van der Waals surface area contributed by atoms with Gasteiger partial charge in [0.05, 0.1) is 6.61 Å². The first-order valence-electron chi connectivity index (χ1n) is 3.88. The van der Waals surface area contributed by atoms with Gasteiger partial charge < -0.3 is 4.74 Å². The Morgan fingerprint density at radius 3 is 2.62 bits per heavy atom. The van der Waals surface area contributed by atoms with Crippen molar-refractivity contribution in [3.8, 4) is 0 Å². The van der Waals surface area contributed by atoms with Crippen molar-refractivity contribution in [3.63, 3.8) is 0 Å². The average molecular weight is 202 g/mol. The Morgan fingerprint density at radius 1 is 1.46 bits per heavy atom. The van der Waals surface area contributed by atoms with Crippen LogP contribution >= 0.6 is 12.6 Å². The van der Waals surface area contributed by atoms with Crippen molar-refractivity contribution in [2.75, 3.05) is 6.61 Å². The quantitative estimate of drug-likeness (QED) is 0.557. The summed E-state index contributed by atoms with van der Waals surface area (Å²) in [5.74, 6) is -0.392. The molecule has 1 heterocycles. The van der Waals surface area contributed by atoms with Crippen LogP contribution in [0.5, 0.6) is 0 Å². The number of esters is 1. The second-order valence-corrected chi connectivity index (χ2v) is 3.27. The fourth-order valence-electron chi connectivity index (χ4n) is 0.735. The summed E-state index contributed by atoms with van der Waals surface area (Å²) < 4.78 is 4.83. The zero-order chi connectivity index (χ0) is 9.73. The molecule has 0 unspecified atom stereocenters. The van der Waals surface area contributed by atoms with Crippen LogP contribution in [0.25, 0.3) is 0 Å². The zero-order valence-corrected chi connectivity index (χ0v) is 8.07. The Kier molecular flexibility index (Phi) is 3.35. The van der Waals surface area contributed by atoms with E-state index in [0.717, 1.165) is 6.42 Å². The van der Waals surface area contributed by atoms with E-state index >= 15 is 0 Å². The van der Waals surface area contributed by atoms with Gasteiger partial charge in [-0.15, -0.1) is 22.9 Å². The van der Waals surface area contributed by atoms with Gasteiger partial charge in [-0.05, 0) is 16.9 Å². The van der Waals surface area contributed by atoms with Gasteiger partial charge in [0.1, 0.15) is 6.42 Å². The molecule has 72 valence electrons.